The van der Waals surface area contributed by atoms with Crippen molar-refractivity contribution in [2.75, 3.05) is 5.32 Å². The second kappa shape index (κ2) is 5.25. The molecule has 0 unspecified atom stereocenters. The fraction of sp³-hybridized carbons (Fsp3) is 0.133. The maximum atomic E-state index is 12.7. The smallest absolute Gasteiger partial charge is 0.355 e. The van der Waals surface area contributed by atoms with Gasteiger partial charge in [-0.3, -0.25) is 0 Å². The van der Waals surface area contributed by atoms with E-state index >= 15 is 0 Å². The van der Waals surface area contributed by atoms with Crippen molar-refractivity contribution in [3.63, 3.8) is 0 Å². The molecule has 0 fully saturated rings. The van der Waals surface area contributed by atoms with Crippen molar-refractivity contribution in [2.24, 2.45) is 0 Å². The Morgan fingerprint density at radius 2 is 1.75 bits per heavy atom. The number of hydrogen-bond acceptors (Lipinski definition) is 2. The van der Waals surface area contributed by atoms with Crippen molar-refractivity contribution in [2.45, 2.75) is 13.1 Å². The van der Waals surface area contributed by atoms with Crippen molar-refractivity contribution < 1.29 is 13.2 Å². The van der Waals surface area contributed by atoms with Gasteiger partial charge in [0.1, 0.15) is 0 Å². The molecule has 0 radical (unpaired) electrons. The number of alkyl halides is 3. The third-order valence-corrected chi connectivity index (χ3v) is 2.75. The average Bonchev–Trinajstić information content (AvgIpc) is 2.37. The van der Waals surface area contributed by atoms with Gasteiger partial charge in [0.2, 0.25) is 0 Å². The molecule has 0 spiro atoms. The van der Waals surface area contributed by atoms with E-state index in [1.807, 2.05) is 25.1 Å². The monoisotopic (exact) mass is 276 g/mol. The van der Waals surface area contributed by atoms with Crippen LogP contribution in [0.15, 0.2) is 42.5 Å². The number of aryl methyl sites for hydroxylation is 1. The topological polar surface area (TPSA) is 35.8 Å². The molecule has 20 heavy (non-hydrogen) atoms. The van der Waals surface area contributed by atoms with Crippen LogP contribution in [0.1, 0.15) is 16.7 Å². The van der Waals surface area contributed by atoms with Crippen LogP contribution in [-0.4, -0.2) is 0 Å². The van der Waals surface area contributed by atoms with E-state index in [0.717, 1.165) is 17.3 Å². The van der Waals surface area contributed by atoms with Gasteiger partial charge in [-0.1, -0.05) is 12.1 Å². The minimum Gasteiger partial charge on any atom is -0.355 e. The summed E-state index contributed by atoms with van der Waals surface area (Å²) in [7, 11) is 0. The van der Waals surface area contributed by atoms with E-state index < -0.39 is 17.3 Å². The normalized spacial score (nSPS) is 10.9. The van der Waals surface area contributed by atoms with Crippen molar-refractivity contribution >= 4 is 11.4 Å². The summed E-state index contributed by atoms with van der Waals surface area (Å²) in [5.41, 5.74) is 0.918. The van der Waals surface area contributed by atoms with Gasteiger partial charge in [-0.15, -0.1) is 0 Å². The molecule has 0 aliphatic heterocycles. The molecule has 2 aromatic rings. The number of benzene rings is 2. The van der Waals surface area contributed by atoms with Crippen LogP contribution in [0.3, 0.4) is 0 Å². The molecule has 1 N–H and O–H groups in total. The summed E-state index contributed by atoms with van der Waals surface area (Å²) in [4.78, 5) is 0. The minimum absolute atomic E-state index is 0.393. The molecule has 0 amide bonds. The zero-order valence-corrected chi connectivity index (χ0v) is 10.6. The van der Waals surface area contributed by atoms with Crippen LogP contribution in [0.5, 0.6) is 0 Å². The van der Waals surface area contributed by atoms with E-state index in [1.165, 1.54) is 12.1 Å². The Labute approximate surface area is 114 Å². The lowest BCUT2D eigenvalue weighted by Gasteiger charge is -2.12. The highest BCUT2D eigenvalue weighted by atomic mass is 19.4. The molecule has 0 aromatic heterocycles. The fourth-order valence-corrected chi connectivity index (χ4v) is 1.85. The summed E-state index contributed by atoms with van der Waals surface area (Å²) in [6.07, 6.45) is -4.52. The minimum atomic E-state index is -4.52. The van der Waals surface area contributed by atoms with Crippen LogP contribution in [0.25, 0.3) is 0 Å². The third kappa shape index (κ3) is 3.09. The highest BCUT2D eigenvalue weighted by Gasteiger charge is 2.33. The van der Waals surface area contributed by atoms with Crippen LogP contribution in [0, 0.1) is 18.3 Å². The summed E-state index contributed by atoms with van der Waals surface area (Å²) >= 11 is 0. The van der Waals surface area contributed by atoms with Gasteiger partial charge in [0, 0.05) is 11.4 Å². The lowest BCUT2D eigenvalue weighted by molar-refractivity contribution is -0.137. The molecule has 0 saturated carbocycles. The quantitative estimate of drug-likeness (QED) is 0.868. The number of hydrogen-bond donors (Lipinski definition) is 1. The van der Waals surface area contributed by atoms with Crippen molar-refractivity contribution in [1.29, 1.82) is 5.26 Å². The van der Waals surface area contributed by atoms with Gasteiger partial charge in [0.25, 0.3) is 0 Å². The standard InChI is InChI=1S/C15H11F3N2/c1-10-3-2-4-12(7-10)20-13-5-6-14(15(16,17)18)11(8-13)9-19/h2-8,20H,1H3. The molecule has 0 aliphatic carbocycles. The Bertz CT molecular complexity index is 670. The SMILES string of the molecule is Cc1cccc(Nc2ccc(C(F)(F)F)c(C#N)c2)c1. The van der Waals surface area contributed by atoms with E-state index in [0.29, 0.717) is 5.69 Å². The summed E-state index contributed by atoms with van der Waals surface area (Å²) in [6, 6.07) is 12.4. The van der Waals surface area contributed by atoms with Crippen molar-refractivity contribution in [1.82, 2.24) is 0 Å². The second-order valence-corrected chi connectivity index (χ2v) is 4.36. The van der Waals surface area contributed by atoms with E-state index in [-0.39, 0.29) is 0 Å². The van der Waals surface area contributed by atoms with E-state index in [1.54, 1.807) is 12.1 Å². The summed E-state index contributed by atoms with van der Waals surface area (Å²) in [6.45, 7) is 1.92. The summed E-state index contributed by atoms with van der Waals surface area (Å²) in [5.74, 6) is 0. The van der Waals surface area contributed by atoms with Crippen LogP contribution in [-0.2, 0) is 6.18 Å². The first-order valence-corrected chi connectivity index (χ1v) is 5.85. The van der Waals surface area contributed by atoms with E-state index in [4.69, 9.17) is 5.26 Å². The molecule has 2 nitrogen and oxygen atoms in total. The maximum Gasteiger partial charge on any atom is 0.417 e. The highest BCUT2D eigenvalue weighted by molar-refractivity contribution is 5.63. The maximum absolute atomic E-state index is 12.7. The van der Waals surface area contributed by atoms with Gasteiger partial charge in [0.05, 0.1) is 17.2 Å². The van der Waals surface area contributed by atoms with Crippen LogP contribution in [0.2, 0.25) is 0 Å². The number of nitriles is 1. The highest BCUT2D eigenvalue weighted by Crippen LogP contribution is 2.33. The number of nitrogens with one attached hydrogen (secondary N) is 1. The van der Waals surface area contributed by atoms with Gasteiger partial charge in [-0.2, -0.15) is 18.4 Å². The van der Waals surface area contributed by atoms with Gasteiger partial charge in [0.15, 0.2) is 0 Å². The summed E-state index contributed by atoms with van der Waals surface area (Å²) in [5, 5.41) is 11.8. The Morgan fingerprint density at radius 3 is 2.35 bits per heavy atom. The van der Waals surface area contributed by atoms with E-state index in [2.05, 4.69) is 5.32 Å². The van der Waals surface area contributed by atoms with Gasteiger partial charge >= 0.3 is 6.18 Å². The first kappa shape index (κ1) is 13.9. The molecule has 0 heterocycles. The Balaban J connectivity index is 2.34. The average molecular weight is 276 g/mol. The number of halogens is 3. The molecule has 2 aromatic carbocycles. The first-order valence-electron chi connectivity index (χ1n) is 5.85. The van der Waals surface area contributed by atoms with Gasteiger partial charge < -0.3 is 5.32 Å². The number of anilines is 2. The van der Waals surface area contributed by atoms with Crippen LogP contribution in [0.4, 0.5) is 24.5 Å². The van der Waals surface area contributed by atoms with Gasteiger partial charge in [-0.05, 0) is 42.8 Å². The molecular weight excluding hydrogens is 265 g/mol. The third-order valence-electron chi connectivity index (χ3n) is 2.75. The Morgan fingerprint density at radius 1 is 1.05 bits per heavy atom. The second-order valence-electron chi connectivity index (χ2n) is 4.36. The van der Waals surface area contributed by atoms with Crippen molar-refractivity contribution in [3.8, 4) is 6.07 Å². The molecule has 5 heteroatoms. The van der Waals surface area contributed by atoms with Crippen LogP contribution < -0.4 is 5.32 Å². The molecule has 0 bridgehead atoms. The predicted molar refractivity (Wildman–Crippen MR) is 70.6 cm³/mol. The molecule has 2 rings (SSSR count). The fourth-order valence-electron chi connectivity index (χ4n) is 1.85. The molecular formula is C15H11F3N2. The molecule has 0 aliphatic rings. The predicted octanol–water partition coefficient (Wildman–Crippen LogP) is 4.63. The van der Waals surface area contributed by atoms with Gasteiger partial charge in [-0.25, -0.2) is 0 Å². The summed E-state index contributed by atoms with van der Waals surface area (Å²) < 4.78 is 38.0. The van der Waals surface area contributed by atoms with E-state index in [9.17, 15) is 13.2 Å². The largest absolute Gasteiger partial charge is 0.417 e. The van der Waals surface area contributed by atoms with Crippen LogP contribution >= 0.6 is 0 Å². The zero-order valence-electron chi connectivity index (χ0n) is 10.6. The Hall–Kier alpha value is -2.48. The molecule has 0 saturated heterocycles. The molecule has 102 valence electrons. The number of nitrogens with zero attached hydrogens (tertiary/aromatic N) is 1. The lowest BCUT2D eigenvalue weighted by atomic mass is 10.1. The molecule has 0 atom stereocenters. The first-order chi connectivity index (χ1) is 9.40. The lowest BCUT2D eigenvalue weighted by Crippen LogP contribution is -2.08. The Kier molecular flexibility index (Phi) is 3.66. The van der Waals surface area contributed by atoms with Crippen molar-refractivity contribution in [3.05, 3.63) is 59.2 Å². The number of rotatable bonds is 2. The zero-order chi connectivity index (χ0) is 14.8.